The summed E-state index contributed by atoms with van der Waals surface area (Å²) in [5, 5.41) is 2.46. The van der Waals surface area contributed by atoms with Crippen LogP contribution in [0.4, 0.5) is 4.39 Å². The van der Waals surface area contributed by atoms with Crippen LogP contribution in [0.1, 0.15) is 13.3 Å². The average Bonchev–Trinajstić information content (AvgIpc) is 2.66. The first kappa shape index (κ1) is 10.0. The number of nitrogens with one attached hydrogen (secondary N) is 1. The number of rotatable bonds is 1. The van der Waals surface area contributed by atoms with Gasteiger partial charge in [0, 0.05) is 32.4 Å². The van der Waals surface area contributed by atoms with Crippen molar-refractivity contribution in [1.82, 2.24) is 15.1 Å². The lowest BCUT2D eigenvalue weighted by Gasteiger charge is -2.25. The molecule has 2 aliphatic rings. The van der Waals surface area contributed by atoms with Crippen molar-refractivity contribution in [2.45, 2.75) is 19.4 Å². The first-order valence-electron chi connectivity index (χ1n) is 5.00. The molecular formula is C10H14FN3O. The Labute approximate surface area is 88.0 Å². The van der Waals surface area contributed by atoms with Crippen molar-refractivity contribution in [3.05, 3.63) is 24.6 Å². The van der Waals surface area contributed by atoms with Gasteiger partial charge in [-0.15, -0.1) is 0 Å². The number of nitrogens with zero attached hydrogens (tertiary/aromatic N) is 2. The van der Waals surface area contributed by atoms with Crippen molar-refractivity contribution >= 4 is 5.91 Å². The second-order valence-electron chi connectivity index (χ2n) is 3.79. The summed E-state index contributed by atoms with van der Waals surface area (Å²) in [6, 6.07) is 0.193. The molecule has 2 aliphatic heterocycles. The minimum atomic E-state index is -0.362. The summed E-state index contributed by atoms with van der Waals surface area (Å²) < 4.78 is 12.9. The molecule has 0 aromatic rings. The molecule has 0 aromatic carbocycles. The molecule has 0 bridgehead atoms. The largest absolute Gasteiger partial charge is 0.344 e. The van der Waals surface area contributed by atoms with E-state index in [0.717, 1.165) is 13.0 Å². The number of carbonyl (C=O) groups is 1. The lowest BCUT2D eigenvalue weighted by molar-refractivity contribution is -0.127. The molecule has 0 aromatic heterocycles. The Bertz CT molecular complexity index is 327. The third kappa shape index (κ3) is 2.11. The number of amides is 1. The molecule has 0 spiro atoms. The number of carbonyl (C=O) groups excluding carboxylic acids is 1. The molecule has 15 heavy (non-hydrogen) atoms. The molecule has 1 saturated heterocycles. The Kier molecular flexibility index (Phi) is 2.62. The molecule has 0 radical (unpaired) electrons. The van der Waals surface area contributed by atoms with Crippen molar-refractivity contribution in [2.24, 2.45) is 0 Å². The highest BCUT2D eigenvalue weighted by atomic mass is 19.1. The van der Waals surface area contributed by atoms with Crippen molar-refractivity contribution < 1.29 is 9.18 Å². The van der Waals surface area contributed by atoms with Gasteiger partial charge in [0.2, 0.25) is 11.9 Å². The molecule has 4 nitrogen and oxygen atoms in total. The Balaban J connectivity index is 1.99. The minimum Gasteiger partial charge on any atom is -0.344 e. The van der Waals surface area contributed by atoms with E-state index in [4.69, 9.17) is 0 Å². The average molecular weight is 211 g/mol. The predicted octanol–water partition coefficient (Wildman–Crippen LogP) is 0.752. The highest BCUT2D eigenvalue weighted by Crippen LogP contribution is 2.18. The van der Waals surface area contributed by atoms with Crippen LogP contribution in [0.5, 0.6) is 0 Å². The number of hydrogen-bond donors (Lipinski definition) is 1. The lowest BCUT2D eigenvalue weighted by Crippen LogP contribution is -2.34. The van der Waals surface area contributed by atoms with E-state index in [1.807, 2.05) is 4.90 Å². The maximum absolute atomic E-state index is 12.9. The quantitative estimate of drug-likeness (QED) is 0.650. The lowest BCUT2D eigenvalue weighted by atomic mass is 10.2. The second kappa shape index (κ2) is 3.92. The van der Waals surface area contributed by atoms with Gasteiger partial charge >= 0.3 is 0 Å². The van der Waals surface area contributed by atoms with Gasteiger partial charge in [0.25, 0.3) is 0 Å². The van der Waals surface area contributed by atoms with Crippen LogP contribution in [-0.4, -0.2) is 34.8 Å². The topological polar surface area (TPSA) is 35.6 Å². The SMILES string of the molecule is CC(=O)N1CCC(N2C=CNC(F)=C2)C1. The standard InChI is InChI=1S/C10H14FN3O/c1-8(15)13-4-2-9(6-13)14-5-3-12-10(11)7-14/h3,5,7,9,12H,2,4,6H2,1H3. The van der Waals surface area contributed by atoms with E-state index in [2.05, 4.69) is 5.32 Å². The summed E-state index contributed by atoms with van der Waals surface area (Å²) >= 11 is 0. The van der Waals surface area contributed by atoms with E-state index >= 15 is 0 Å². The van der Waals surface area contributed by atoms with Gasteiger partial charge in [0.1, 0.15) is 0 Å². The molecular weight excluding hydrogens is 197 g/mol. The number of halogens is 1. The fraction of sp³-hybridized carbons (Fsp3) is 0.500. The van der Waals surface area contributed by atoms with E-state index in [1.165, 1.54) is 6.20 Å². The van der Waals surface area contributed by atoms with Crippen LogP contribution in [0.3, 0.4) is 0 Å². The molecule has 0 aliphatic carbocycles. The van der Waals surface area contributed by atoms with Gasteiger partial charge in [-0.3, -0.25) is 4.79 Å². The molecule has 1 amide bonds. The van der Waals surface area contributed by atoms with Crippen LogP contribution in [0.15, 0.2) is 24.6 Å². The van der Waals surface area contributed by atoms with Gasteiger partial charge in [-0.25, -0.2) is 0 Å². The zero-order valence-electron chi connectivity index (χ0n) is 8.61. The smallest absolute Gasteiger partial charge is 0.219 e. The minimum absolute atomic E-state index is 0.0843. The molecule has 2 rings (SSSR count). The Hall–Kier alpha value is -1.52. The second-order valence-corrected chi connectivity index (χ2v) is 3.79. The Morgan fingerprint density at radius 1 is 1.67 bits per heavy atom. The van der Waals surface area contributed by atoms with Gasteiger partial charge in [-0.1, -0.05) is 0 Å². The summed E-state index contributed by atoms with van der Waals surface area (Å²) in [6.45, 7) is 2.99. The first-order chi connectivity index (χ1) is 7.16. The third-order valence-corrected chi connectivity index (χ3v) is 2.76. The summed E-state index contributed by atoms with van der Waals surface area (Å²) in [5.74, 6) is -0.278. The summed E-state index contributed by atoms with van der Waals surface area (Å²) in [4.78, 5) is 14.7. The van der Waals surface area contributed by atoms with Crippen LogP contribution in [-0.2, 0) is 4.79 Å². The van der Waals surface area contributed by atoms with Crippen molar-refractivity contribution in [3.63, 3.8) is 0 Å². The summed E-state index contributed by atoms with van der Waals surface area (Å²) in [7, 11) is 0. The predicted molar refractivity (Wildman–Crippen MR) is 54.0 cm³/mol. The Morgan fingerprint density at radius 3 is 3.07 bits per heavy atom. The molecule has 1 fully saturated rings. The molecule has 5 heteroatoms. The van der Waals surface area contributed by atoms with Crippen molar-refractivity contribution in [1.29, 1.82) is 0 Å². The molecule has 1 atom stereocenters. The highest BCUT2D eigenvalue weighted by molar-refractivity contribution is 5.73. The highest BCUT2D eigenvalue weighted by Gasteiger charge is 2.27. The van der Waals surface area contributed by atoms with Crippen LogP contribution in [0.2, 0.25) is 0 Å². The van der Waals surface area contributed by atoms with Gasteiger partial charge in [-0.05, 0) is 6.42 Å². The molecule has 0 saturated carbocycles. The Morgan fingerprint density at radius 2 is 2.47 bits per heavy atom. The normalized spacial score (nSPS) is 25.2. The fourth-order valence-electron chi connectivity index (χ4n) is 1.91. The van der Waals surface area contributed by atoms with Gasteiger partial charge in [0.05, 0.1) is 12.2 Å². The zero-order valence-corrected chi connectivity index (χ0v) is 8.61. The molecule has 82 valence electrons. The zero-order chi connectivity index (χ0) is 10.8. The first-order valence-corrected chi connectivity index (χ1v) is 5.00. The van der Waals surface area contributed by atoms with Crippen LogP contribution >= 0.6 is 0 Å². The summed E-state index contributed by atoms with van der Waals surface area (Å²) in [5.41, 5.74) is 0. The fourth-order valence-corrected chi connectivity index (χ4v) is 1.91. The number of likely N-dealkylation sites (tertiary alicyclic amines) is 1. The maximum Gasteiger partial charge on any atom is 0.219 e. The van der Waals surface area contributed by atoms with Crippen LogP contribution in [0.25, 0.3) is 0 Å². The summed E-state index contributed by atoms with van der Waals surface area (Å²) in [6.07, 6.45) is 5.66. The van der Waals surface area contributed by atoms with E-state index in [-0.39, 0.29) is 17.9 Å². The van der Waals surface area contributed by atoms with Gasteiger partial charge in [-0.2, -0.15) is 4.39 Å². The third-order valence-electron chi connectivity index (χ3n) is 2.76. The van der Waals surface area contributed by atoms with Gasteiger partial charge < -0.3 is 15.1 Å². The monoisotopic (exact) mass is 211 g/mol. The molecule has 2 heterocycles. The number of hydrogen-bond acceptors (Lipinski definition) is 3. The van der Waals surface area contributed by atoms with E-state index in [9.17, 15) is 9.18 Å². The van der Waals surface area contributed by atoms with Crippen molar-refractivity contribution in [2.75, 3.05) is 13.1 Å². The van der Waals surface area contributed by atoms with Crippen LogP contribution in [0, 0.1) is 0 Å². The van der Waals surface area contributed by atoms with E-state index in [1.54, 1.807) is 24.2 Å². The van der Waals surface area contributed by atoms with E-state index < -0.39 is 0 Å². The maximum atomic E-state index is 12.9. The van der Waals surface area contributed by atoms with Crippen molar-refractivity contribution in [3.8, 4) is 0 Å². The molecule has 1 unspecified atom stereocenters. The van der Waals surface area contributed by atoms with E-state index in [0.29, 0.717) is 6.54 Å². The molecule has 1 N–H and O–H groups in total. The van der Waals surface area contributed by atoms with Crippen LogP contribution < -0.4 is 5.32 Å². The van der Waals surface area contributed by atoms with Gasteiger partial charge in [0.15, 0.2) is 0 Å².